The molecule has 2 heterocycles. The summed E-state index contributed by atoms with van der Waals surface area (Å²) in [4.78, 5) is 26.9. The van der Waals surface area contributed by atoms with Crippen molar-refractivity contribution in [3.63, 3.8) is 0 Å². The summed E-state index contributed by atoms with van der Waals surface area (Å²) in [5.41, 5.74) is 3.02. The summed E-state index contributed by atoms with van der Waals surface area (Å²) in [5, 5.41) is 3.47. The number of nitrogens with one attached hydrogen (secondary N) is 1. The first-order chi connectivity index (χ1) is 15.4. The Bertz CT molecular complexity index is 1200. The third-order valence-electron chi connectivity index (χ3n) is 4.81. The number of nitrogens with zero attached hydrogens (tertiary/aromatic N) is 1. The second kappa shape index (κ2) is 9.73. The molecule has 1 aliphatic rings. The lowest BCUT2D eigenvalue weighted by atomic mass is 10.1. The number of thiocarbonyl (C=S) groups is 1. The fourth-order valence-electron chi connectivity index (χ4n) is 3.07. The van der Waals surface area contributed by atoms with Crippen molar-refractivity contribution in [2.24, 2.45) is 0 Å². The van der Waals surface area contributed by atoms with Crippen molar-refractivity contribution in [1.82, 2.24) is 10.2 Å². The fraction of sp³-hybridized carbons (Fsp3) is 0.125. The van der Waals surface area contributed by atoms with Gasteiger partial charge in [-0.3, -0.25) is 14.5 Å². The van der Waals surface area contributed by atoms with Gasteiger partial charge >= 0.3 is 0 Å². The highest BCUT2D eigenvalue weighted by Crippen LogP contribution is 2.33. The lowest BCUT2D eigenvalue weighted by molar-refractivity contribution is -0.128. The van der Waals surface area contributed by atoms with Gasteiger partial charge in [-0.2, -0.15) is 0 Å². The molecular formula is C24H19ClN2O3S2. The number of thioether (sulfide) groups is 1. The first kappa shape index (κ1) is 22.3. The Morgan fingerprint density at radius 2 is 1.84 bits per heavy atom. The zero-order valence-electron chi connectivity index (χ0n) is 17.1. The van der Waals surface area contributed by atoms with Crippen LogP contribution >= 0.6 is 35.6 Å². The van der Waals surface area contributed by atoms with Crippen molar-refractivity contribution in [1.29, 1.82) is 0 Å². The number of benzene rings is 2. The van der Waals surface area contributed by atoms with E-state index in [0.717, 1.165) is 28.5 Å². The zero-order chi connectivity index (χ0) is 22.7. The summed E-state index contributed by atoms with van der Waals surface area (Å²) >= 11 is 12.4. The van der Waals surface area contributed by atoms with Crippen LogP contribution in [0.15, 0.2) is 70.0 Å². The maximum atomic E-state index is 12.8. The first-order valence-corrected chi connectivity index (χ1v) is 11.4. The van der Waals surface area contributed by atoms with Crippen molar-refractivity contribution < 1.29 is 14.0 Å². The second-order valence-electron chi connectivity index (χ2n) is 7.24. The van der Waals surface area contributed by atoms with Crippen molar-refractivity contribution >= 4 is 57.8 Å². The van der Waals surface area contributed by atoms with Crippen LogP contribution in [0.2, 0.25) is 5.02 Å². The number of amides is 2. The number of hydrogen-bond acceptors (Lipinski definition) is 5. The maximum absolute atomic E-state index is 12.8. The van der Waals surface area contributed by atoms with E-state index in [1.807, 2.05) is 49.4 Å². The van der Waals surface area contributed by atoms with Crippen molar-refractivity contribution in [2.45, 2.75) is 13.5 Å². The minimum atomic E-state index is -0.310. The Morgan fingerprint density at radius 3 is 2.56 bits per heavy atom. The van der Waals surface area contributed by atoms with E-state index >= 15 is 0 Å². The summed E-state index contributed by atoms with van der Waals surface area (Å²) in [6, 6.07) is 18.8. The largest absolute Gasteiger partial charge is 0.457 e. The van der Waals surface area contributed by atoms with Gasteiger partial charge in [-0.05, 0) is 48.9 Å². The molecule has 1 aliphatic heterocycles. The lowest BCUT2D eigenvalue weighted by Gasteiger charge is -2.14. The standard InChI is InChI=1S/C24H19ClN2O3S2/c1-15-2-4-16(5-3-15)13-26-22(28)14-27-23(29)21(32-24(27)31)12-19-10-11-20(30-19)17-6-8-18(25)9-7-17/h2-12H,13-14H2,1H3,(H,26,28)/b21-12-. The van der Waals surface area contributed by atoms with Gasteiger partial charge in [0.25, 0.3) is 5.91 Å². The van der Waals surface area contributed by atoms with Gasteiger partial charge in [0.15, 0.2) is 0 Å². The summed E-state index contributed by atoms with van der Waals surface area (Å²) in [6.07, 6.45) is 1.64. The molecule has 0 saturated carbocycles. The molecule has 32 heavy (non-hydrogen) atoms. The van der Waals surface area contributed by atoms with Crippen molar-refractivity contribution in [3.8, 4) is 11.3 Å². The third-order valence-corrected chi connectivity index (χ3v) is 6.44. The van der Waals surface area contributed by atoms with Crippen LogP contribution in [-0.2, 0) is 16.1 Å². The molecule has 162 valence electrons. The van der Waals surface area contributed by atoms with Crippen LogP contribution in [-0.4, -0.2) is 27.6 Å². The molecular weight excluding hydrogens is 464 g/mol. The molecule has 1 aromatic heterocycles. The molecule has 0 radical (unpaired) electrons. The van der Waals surface area contributed by atoms with Gasteiger partial charge in [0.1, 0.15) is 22.4 Å². The lowest BCUT2D eigenvalue weighted by Crippen LogP contribution is -2.39. The van der Waals surface area contributed by atoms with Gasteiger partial charge in [0.2, 0.25) is 5.91 Å². The Balaban J connectivity index is 1.39. The predicted molar refractivity (Wildman–Crippen MR) is 132 cm³/mol. The quantitative estimate of drug-likeness (QED) is 0.375. The first-order valence-electron chi connectivity index (χ1n) is 9.82. The molecule has 0 bridgehead atoms. The highest BCUT2D eigenvalue weighted by Gasteiger charge is 2.33. The van der Waals surface area contributed by atoms with Crippen LogP contribution in [0.1, 0.15) is 16.9 Å². The number of furan rings is 1. The van der Waals surface area contributed by atoms with Crippen LogP contribution in [0.5, 0.6) is 0 Å². The monoisotopic (exact) mass is 482 g/mol. The minimum absolute atomic E-state index is 0.123. The molecule has 1 saturated heterocycles. The zero-order valence-corrected chi connectivity index (χ0v) is 19.5. The van der Waals surface area contributed by atoms with Crippen LogP contribution in [0.4, 0.5) is 0 Å². The number of hydrogen-bond donors (Lipinski definition) is 1. The molecule has 8 heteroatoms. The Morgan fingerprint density at radius 1 is 1.12 bits per heavy atom. The highest BCUT2D eigenvalue weighted by atomic mass is 35.5. The average molecular weight is 483 g/mol. The van der Waals surface area contributed by atoms with Gasteiger partial charge in [0, 0.05) is 23.2 Å². The van der Waals surface area contributed by atoms with Gasteiger partial charge in [-0.1, -0.05) is 65.4 Å². The van der Waals surface area contributed by atoms with Crippen LogP contribution in [0.3, 0.4) is 0 Å². The normalized spacial score (nSPS) is 14.9. The fourth-order valence-corrected chi connectivity index (χ4v) is 4.43. The maximum Gasteiger partial charge on any atom is 0.266 e. The molecule has 1 fully saturated rings. The van der Waals surface area contributed by atoms with E-state index < -0.39 is 0 Å². The molecule has 0 spiro atoms. The molecule has 5 nitrogen and oxygen atoms in total. The van der Waals surface area contributed by atoms with Crippen LogP contribution < -0.4 is 5.32 Å². The van der Waals surface area contributed by atoms with E-state index in [0.29, 0.717) is 32.3 Å². The van der Waals surface area contributed by atoms with Gasteiger partial charge in [0.05, 0.1) is 4.91 Å². The summed E-state index contributed by atoms with van der Waals surface area (Å²) < 4.78 is 6.18. The topological polar surface area (TPSA) is 62.6 Å². The highest BCUT2D eigenvalue weighted by molar-refractivity contribution is 8.26. The molecule has 0 aliphatic carbocycles. The summed E-state index contributed by atoms with van der Waals surface area (Å²) in [7, 11) is 0. The number of carbonyl (C=O) groups excluding carboxylic acids is 2. The van der Waals surface area contributed by atoms with Gasteiger partial charge < -0.3 is 9.73 Å². The summed E-state index contributed by atoms with van der Waals surface area (Å²) in [5.74, 6) is 0.610. The molecule has 4 rings (SSSR count). The van der Waals surface area contributed by atoms with Crippen molar-refractivity contribution in [3.05, 3.63) is 87.5 Å². The molecule has 1 N–H and O–H groups in total. The van der Waals surface area contributed by atoms with Gasteiger partial charge in [-0.25, -0.2) is 0 Å². The van der Waals surface area contributed by atoms with E-state index in [1.165, 1.54) is 4.90 Å². The van der Waals surface area contributed by atoms with E-state index in [4.69, 9.17) is 28.2 Å². The van der Waals surface area contributed by atoms with E-state index in [1.54, 1.807) is 24.3 Å². The number of carbonyl (C=O) groups is 2. The van der Waals surface area contributed by atoms with E-state index in [9.17, 15) is 9.59 Å². The minimum Gasteiger partial charge on any atom is -0.457 e. The molecule has 2 aromatic carbocycles. The Kier molecular flexibility index (Phi) is 6.79. The third kappa shape index (κ3) is 5.30. The number of halogens is 1. The Labute approximate surface area is 200 Å². The number of aryl methyl sites for hydroxylation is 1. The Hall–Kier alpha value is -2.87. The van der Waals surface area contributed by atoms with Gasteiger partial charge in [-0.15, -0.1) is 0 Å². The summed E-state index contributed by atoms with van der Waals surface area (Å²) in [6.45, 7) is 2.28. The smallest absolute Gasteiger partial charge is 0.266 e. The van der Waals surface area contributed by atoms with Crippen LogP contribution in [0, 0.1) is 6.92 Å². The van der Waals surface area contributed by atoms with E-state index in [2.05, 4.69) is 5.32 Å². The molecule has 0 unspecified atom stereocenters. The molecule has 0 atom stereocenters. The second-order valence-corrected chi connectivity index (χ2v) is 9.35. The van der Waals surface area contributed by atoms with Crippen molar-refractivity contribution in [2.75, 3.05) is 6.54 Å². The van der Waals surface area contributed by atoms with E-state index in [-0.39, 0.29) is 18.4 Å². The number of rotatable bonds is 6. The molecule has 2 amide bonds. The molecule has 3 aromatic rings. The van der Waals surface area contributed by atoms with Crippen LogP contribution in [0.25, 0.3) is 17.4 Å². The SMILES string of the molecule is Cc1ccc(CNC(=O)CN2C(=O)/C(=C/c3ccc(-c4ccc(Cl)cc4)o3)SC2=S)cc1. The average Bonchev–Trinajstić information content (AvgIpc) is 3.34. The predicted octanol–water partition coefficient (Wildman–Crippen LogP) is 5.43.